The van der Waals surface area contributed by atoms with Crippen LogP contribution in [0.5, 0.6) is 0 Å². The first-order valence-electron chi connectivity index (χ1n) is 45.1. The number of carbonyl (C=O) groups is 10. The number of amides is 9. The van der Waals surface area contributed by atoms with E-state index >= 15 is 0 Å². The Morgan fingerprint density at radius 2 is 1.27 bits per heavy atom. The van der Waals surface area contributed by atoms with Crippen molar-refractivity contribution in [3.05, 3.63) is 101 Å². The molecule has 10 fully saturated rings. The van der Waals surface area contributed by atoms with Crippen molar-refractivity contribution in [2.24, 2.45) is 17.6 Å². The molecule has 2 aromatic rings. The van der Waals surface area contributed by atoms with Gasteiger partial charge in [-0.2, -0.15) is 0 Å². The molecule has 126 heavy (non-hydrogen) atoms. The van der Waals surface area contributed by atoms with Gasteiger partial charge in [0.25, 0.3) is 23.6 Å². The van der Waals surface area contributed by atoms with E-state index in [0.29, 0.717) is 122 Å². The lowest BCUT2D eigenvalue weighted by molar-refractivity contribution is -0.292. The number of hydrogen-bond acceptors (Lipinski definition) is 27. The summed E-state index contributed by atoms with van der Waals surface area (Å²) >= 11 is 0. The molecule has 20 atom stereocenters. The predicted octanol–water partition coefficient (Wildman–Crippen LogP) is 5.93. The minimum Gasteiger partial charge on any atom is -0.445 e. The van der Waals surface area contributed by atoms with Gasteiger partial charge in [0, 0.05) is 126 Å². The first kappa shape index (κ1) is 97.0. The number of aliphatic hydroxyl groups is 1. The second-order valence-electron chi connectivity index (χ2n) is 34.6. The average Bonchev–Trinajstić information content (AvgIpc) is 1.55. The zero-order valence-corrected chi connectivity index (χ0v) is 73.1. The number of nitrogens with one attached hydrogen (secondary N) is 6. The number of ketones is 2. The topological polar surface area (TPSA) is 440 Å². The minimum atomic E-state index is -1.25. The van der Waals surface area contributed by atoms with Gasteiger partial charge < -0.3 is 119 Å². The number of methoxy groups -OCH3 is 1. The van der Waals surface area contributed by atoms with Crippen molar-refractivity contribution < 1.29 is 129 Å². The third-order valence-corrected chi connectivity index (χ3v) is 25.0. The van der Waals surface area contributed by atoms with Gasteiger partial charge in [-0.1, -0.05) is 57.7 Å². The van der Waals surface area contributed by atoms with Gasteiger partial charge in [0.1, 0.15) is 49.0 Å². The van der Waals surface area contributed by atoms with Gasteiger partial charge in [-0.3, -0.25) is 43.3 Å². The summed E-state index contributed by atoms with van der Waals surface area (Å²) in [5, 5.41) is 27.9. The third-order valence-electron chi connectivity index (χ3n) is 25.0. The number of anilines is 1. The molecule has 10 saturated heterocycles. The number of rotatable bonds is 46. The van der Waals surface area contributed by atoms with Crippen molar-refractivity contribution in [2.75, 3.05) is 118 Å². The molecule has 12 bridgehead atoms. The van der Waals surface area contributed by atoms with E-state index in [-0.39, 0.29) is 175 Å². The Morgan fingerprint density at radius 3 is 1.97 bits per heavy atom. The van der Waals surface area contributed by atoms with Crippen molar-refractivity contribution in [3.8, 4) is 0 Å². The minimum absolute atomic E-state index is 0.00416. The van der Waals surface area contributed by atoms with Crippen LogP contribution in [0.25, 0.3) is 0 Å². The van der Waals surface area contributed by atoms with Crippen LogP contribution in [0.4, 0.5) is 15.3 Å². The summed E-state index contributed by atoms with van der Waals surface area (Å²) in [6, 6.07) is 7.62. The number of carbonyl (C=O) groups excluding carboxylic acids is 10. The van der Waals surface area contributed by atoms with E-state index in [4.69, 9.17) is 81.5 Å². The molecular formula is C91H130N8O27. The molecule has 35 heteroatoms. The van der Waals surface area contributed by atoms with Crippen molar-refractivity contribution >= 4 is 64.8 Å². The van der Waals surface area contributed by atoms with Crippen LogP contribution in [0.1, 0.15) is 181 Å². The summed E-state index contributed by atoms with van der Waals surface area (Å²) in [4.78, 5) is 135. The summed E-state index contributed by atoms with van der Waals surface area (Å²) in [5.41, 5.74) is 8.49. The van der Waals surface area contributed by atoms with E-state index in [2.05, 4.69) is 45.1 Å². The highest BCUT2D eigenvalue weighted by atomic mass is 16.8. The fourth-order valence-electron chi connectivity index (χ4n) is 18.5. The zero-order valence-electron chi connectivity index (χ0n) is 73.1. The summed E-state index contributed by atoms with van der Waals surface area (Å²) < 4.78 is 99.4. The van der Waals surface area contributed by atoms with Crippen LogP contribution >= 0.6 is 0 Å². The normalized spacial score (nSPS) is 28.7. The molecule has 0 aromatic heterocycles. The number of nitrogens with two attached hydrogens (primary N) is 1. The van der Waals surface area contributed by atoms with Crippen molar-refractivity contribution in [3.63, 3.8) is 0 Å². The summed E-state index contributed by atoms with van der Waals surface area (Å²) in [5.74, 6) is -5.65. The molecule has 9 N–H and O–H groups in total. The average molecular weight is 1770 g/mol. The monoisotopic (exact) mass is 1770 g/mol. The lowest BCUT2D eigenvalue weighted by Crippen LogP contribution is -2.61. The largest absolute Gasteiger partial charge is 0.445 e. The number of benzene rings is 2. The number of ether oxygens (including phenoxy) is 16. The van der Waals surface area contributed by atoms with E-state index in [1.165, 1.54) is 30.4 Å². The highest BCUT2D eigenvalue weighted by Gasteiger charge is 2.69. The van der Waals surface area contributed by atoms with Crippen LogP contribution in [0.15, 0.2) is 78.9 Å². The molecule has 2 unspecified atom stereocenters. The van der Waals surface area contributed by atoms with Crippen LogP contribution in [0, 0.1) is 11.8 Å². The van der Waals surface area contributed by atoms with E-state index in [1.54, 1.807) is 45.2 Å². The van der Waals surface area contributed by atoms with Gasteiger partial charge >= 0.3 is 12.1 Å². The lowest BCUT2D eigenvalue weighted by Gasteiger charge is -2.47. The first-order valence-corrected chi connectivity index (χ1v) is 45.1. The zero-order chi connectivity index (χ0) is 89.2. The third kappa shape index (κ3) is 27.7. The Hall–Kier alpha value is -8.08. The molecule has 13 rings (SSSR count). The number of urea groups is 1. The van der Waals surface area contributed by atoms with Crippen molar-refractivity contribution in [1.82, 2.24) is 31.5 Å². The van der Waals surface area contributed by atoms with Crippen LogP contribution in [-0.4, -0.2) is 297 Å². The molecule has 11 heterocycles. The van der Waals surface area contributed by atoms with Crippen molar-refractivity contribution in [2.45, 2.75) is 278 Å². The van der Waals surface area contributed by atoms with Crippen LogP contribution < -0.4 is 37.6 Å². The smallest absolute Gasteiger partial charge is 0.407 e. The van der Waals surface area contributed by atoms with Crippen LogP contribution in [0.3, 0.4) is 0 Å². The van der Waals surface area contributed by atoms with Crippen LogP contribution in [0.2, 0.25) is 0 Å². The van der Waals surface area contributed by atoms with E-state index in [0.717, 1.165) is 54.6 Å². The number of nitrogens with zero attached hydrogens (tertiary/aromatic N) is 1. The first-order chi connectivity index (χ1) is 60.9. The Morgan fingerprint density at radius 1 is 0.619 bits per heavy atom. The summed E-state index contributed by atoms with van der Waals surface area (Å²) in [6.07, 6.45) is 4.75. The molecule has 11 aliphatic heterocycles. The number of alkyl carbamates (subject to hydrolysis) is 1. The molecule has 2 aromatic carbocycles. The molecule has 9 amide bonds. The van der Waals surface area contributed by atoms with Gasteiger partial charge in [-0.15, -0.1) is 0 Å². The molecule has 35 nitrogen and oxygen atoms in total. The van der Waals surface area contributed by atoms with Gasteiger partial charge in [0.15, 0.2) is 11.6 Å². The van der Waals surface area contributed by atoms with Gasteiger partial charge in [0.2, 0.25) is 11.8 Å². The number of unbranched alkanes of at least 4 members (excludes halogenated alkanes) is 2. The van der Waals surface area contributed by atoms with Crippen LogP contribution in [-0.2, 0) is 118 Å². The van der Waals surface area contributed by atoms with Gasteiger partial charge in [0.05, 0.1) is 146 Å². The second kappa shape index (κ2) is 48.0. The van der Waals surface area contributed by atoms with E-state index < -0.39 is 126 Å². The predicted molar refractivity (Wildman–Crippen MR) is 453 cm³/mol. The lowest BCUT2D eigenvalue weighted by atomic mass is 9.83. The standard InChI is InChI=1S/C91H130N8O27/c1-7-112-32-33-114-36-37-116-40-41-117-39-38-115-35-34-113-31-29-93-86(106)59-44-60(46-61(45-59)96-76(103)13-9-8-10-30-99-77(104)24-25-78(99)105)87(107)98-79(54(2)3)88(108)97-68(12-11-28-94-89(92)109)69(102)43-57-15-17-58(18-16-57)53-118-90(110)95-52-63(101)49-74-80(111-6)67-48-62(100)47-65-21-23-71-81(121-65)85-84-83(123-71)82-75(124-84)51-91(125-82,126-85)27-26-66-42-56(5)70(120-66)22-20-64-19-14-55(4)72(119-64)50-73(67)122-74/h15-18,24-25,44-46,54,63-68,70-75,79-85,101H,4-5,7-14,19-23,26-43,47-53H2,1-3,6H3,(H,93,106)(H,95,110)(H,96,103)(H,97,108)(H,98,107)(H3,92,94,109)/t63-,64+,65+,66-,67-,68-,70-,71-,72+,73-,74+,75+,79-,80+,81-,82-,83?,84?,85-,91-/m0/s1. The molecular weight excluding hydrogens is 1640 g/mol. The summed E-state index contributed by atoms with van der Waals surface area (Å²) in [6.45, 7) is 18.8. The molecule has 0 radical (unpaired) electrons. The number of primary amides is 1. The van der Waals surface area contributed by atoms with Crippen molar-refractivity contribution in [1.29, 1.82) is 0 Å². The van der Waals surface area contributed by atoms with E-state index in [1.807, 2.05) is 6.92 Å². The fraction of sp³-hybridized carbons (Fsp3) is 0.692. The maximum Gasteiger partial charge on any atom is 0.407 e. The summed E-state index contributed by atoms with van der Waals surface area (Å²) in [7, 11) is 1.57. The highest BCUT2D eigenvalue weighted by molar-refractivity contribution is 6.13. The molecule has 11 aliphatic rings. The number of Topliss-reactive ketones (excluding diaryl/α,β-unsaturated/α-hetero) is 2. The Labute approximate surface area is 736 Å². The fourth-order valence-corrected chi connectivity index (χ4v) is 18.5. The quantitative estimate of drug-likeness (QED) is 0.0216. The Bertz CT molecular complexity index is 4040. The number of fused-ring (bicyclic) bond motifs is 6. The Balaban J connectivity index is 0.615. The molecule has 0 saturated carbocycles. The Kier molecular flexibility index (Phi) is 36.9. The second-order valence-corrected chi connectivity index (χ2v) is 34.6. The number of aliphatic hydroxyl groups excluding tert-OH is 1. The number of hydrogen-bond donors (Lipinski definition) is 8. The van der Waals surface area contributed by atoms with Gasteiger partial charge in [-0.05, 0) is 130 Å². The maximum atomic E-state index is 14.6. The highest BCUT2D eigenvalue weighted by Crippen LogP contribution is 2.55. The van der Waals surface area contributed by atoms with Gasteiger partial charge in [-0.25, -0.2) is 9.59 Å². The molecule has 1 spiro atoms. The maximum absolute atomic E-state index is 14.6. The SMILES string of the molecule is C=C1C[C@@H]2CC[C@@]34C[C@H]5OC6C(O[C@H]7CC[C@H](CC(=O)C[C@@H]8[C@@H](OC)[C@@H](C[C@H](O)CNC(=O)OCc9ccc(CC(=O)[C@H](CCCNC(N)=O)NC(=O)[C@@H](NC(=O)c%10cc(NC(=O)CCCCCN%11C(=O)C=CC%11=O)cc(C(=O)NCCOCCOCCOCCOCCOCCOCC)c%10)C(C)C)cc9)O[C@H]8C[C@H]8O[C@H](CCC8=C)CC[C@@H]1O2)O[C@@H]7[C@@H]6O3)[C@H]5O4. The molecule has 0 aliphatic carbocycles. The molecule has 696 valence electrons. The number of imide groups is 1. The van der Waals surface area contributed by atoms with E-state index in [9.17, 15) is 53.1 Å².